The van der Waals surface area contributed by atoms with Gasteiger partial charge in [-0.05, 0) is 37.0 Å². The van der Waals surface area contributed by atoms with Crippen LogP contribution in [0.1, 0.15) is 44.5 Å². The average Bonchev–Trinajstić information content (AvgIpc) is 2.26. The highest BCUT2D eigenvalue weighted by molar-refractivity contribution is 6.34. The van der Waals surface area contributed by atoms with Gasteiger partial charge in [-0.1, -0.05) is 32.4 Å². The molecule has 0 saturated heterocycles. The van der Waals surface area contributed by atoms with Gasteiger partial charge in [-0.15, -0.1) is 0 Å². The molecule has 0 heterocycles. The lowest BCUT2D eigenvalue weighted by molar-refractivity contribution is 0.101. The van der Waals surface area contributed by atoms with E-state index < -0.39 is 6.09 Å². The monoisotopic (exact) mass is 297 g/mol. The number of anilines is 1. The topological polar surface area (TPSA) is 55.4 Å². The molecule has 0 radical (unpaired) electrons. The molecule has 1 amide bonds. The number of ether oxygens (including phenoxy) is 1. The van der Waals surface area contributed by atoms with Crippen LogP contribution < -0.4 is 5.32 Å². The summed E-state index contributed by atoms with van der Waals surface area (Å²) in [5.41, 5.74) is 1.05. The van der Waals surface area contributed by atoms with Gasteiger partial charge in [-0.25, -0.2) is 4.79 Å². The minimum Gasteiger partial charge on any atom is -0.449 e. The minimum absolute atomic E-state index is 0.116. The van der Waals surface area contributed by atoms with Gasteiger partial charge in [0, 0.05) is 11.3 Å². The number of ketones is 1. The molecule has 0 bridgehead atoms. The van der Waals surface area contributed by atoms with E-state index in [-0.39, 0.29) is 11.2 Å². The highest BCUT2D eigenvalue weighted by Crippen LogP contribution is 2.22. The van der Waals surface area contributed by atoms with E-state index in [9.17, 15) is 9.59 Å². The Kier molecular flexibility index (Phi) is 5.57. The fraction of sp³-hybridized carbons (Fsp3) is 0.467. The zero-order valence-electron chi connectivity index (χ0n) is 12.2. The van der Waals surface area contributed by atoms with Crippen LogP contribution in [0.2, 0.25) is 5.02 Å². The molecule has 0 spiro atoms. The van der Waals surface area contributed by atoms with Crippen molar-refractivity contribution in [3.63, 3.8) is 0 Å². The molecule has 20 heavy (non-hydrogen) atoms. The summed E-state index contributed by atoms with van der Waals surface area (Å²) in [4.78, 5) is 22.8. The molecule has 110 valence electrons. The third-order valence-corrected chi connectivity index (χ3v) is 2.99. The molecular weight excluding hydrogens is 278 g/mol. The van der Waals surface area contributed by atoms with Gasteiger partial charge in [0.25, 0.3) is 0 Å². The number of Topliss-reactive ketones (excluding diaryl/α,β-unsaturated/α-hetero) is 1. The maximum atomic E-state index is 11.6. The number of benzene rings is 1. The van der Waals surface area contributed by atoms with Crippen molar-refractivity contribution < 1.29 is 14.3 Å². The lowest BCUT2D eigenvalue weighted by Crippen LogP contribution is -2.17. The van der Waals surface area contributed by atoms with Crippen molar-refractivity contribution in [3.05, 3.63) is 28.8 Å². The highest BCUT2D eigenvalue weighted by Gasteiger charge is 2.12. The molecule has 1 rings (SSSR count). The fourth-order valence-corrected chi connectivity index (χ4v) is 1.80. The molecule has 0 atom stereocenters. The zero-order chi connectivity index (χ0) is 15.3. The molecular formula is C15H20ClNO3. The summed E-state index contributed by atoms with van der Waals surface area (Å²) in [6, 6.07) is 4.73. The smallest absolute Gasteiger partial charge is 0.411 e. The molecule has 0 unspecified atom stereocenters. The number of amides is 1. The van der Waals surface area contributed by atoms with Crippen molar-refractivity contribution in [1.29, 1.82) is 0 Å². The Morgan fingerprint density at radius 2 is 1.95 bits per heavy atom. The predicted octanol–water partition coefficient (Wildman–Crippen LogP) is 4.53. The molecule has 0 aliphatic heterocycles. The Morgan fingerprint density at radius 1 is 1.30 bits per heavy atom. The van der Waals surface area contributed by atoms with Gasteiger partial charge in [-0.3, -0.25) is 10.1 Å². The first kappa shape index (κ1) is 16.5. The summed E-state index contributed by atoms with van der Waals surface area (Å²) in [7, 11) is 0. The maximum Gasteiger partial charge on any atom is 0.411 e. The van der Waals surface area contributed by atoms with Gasteiger partial charge in [0.1, 0.15) is 0 Å². The summed E-state index contributed by atoms with van der Waals surface area (Å²) in [5, 5.41) is 2.89. The number of hydrogen-bond acceptors (Lipinski definition) is 3. The van der Waals surface area contributed by atoms with Crippen molar-refractivity contribution >= 4 is 29.2 Å². The number of rotatable bonds is 4. The molecule has 0 aromatic heterocycles. The Morgan fingerprint density at radius 3 is 2.45 bits per heavy atom. The number of carbonyl (C=O) groups is 2. The lowest BCUT2D eigenvalue weighted by Gasteiger charge is -2.17. The number of halogens is 1. The molecule has 5 heteroatoms. The third kappa shape index (κ3) is 5.61. The van der Waals surface area contributed by atoms with Crippen LogP contribution in [0.5, 0.6) is 0 Å². The van der Waals surface area contributed by atoms with Gasteiger partial charge in [0.15, 0.2) is 5.78 Å². The Labute approximate surface area is 124 Å². The second-order valence-electron chi connectivity index (χ2n) is 5.82. The summed E-state index contributed by atoms with van der Waals surface area (Å²) in [6.45, 7) is 8.03. The molecule has 1 aromatic carbocycles. The molecule has 1 N–H and O–H groups in total. The predicted molar refractivity (Wildman–Crippen MR) is 80.5 cm³/mol. The Hall–Kier alpha value is -1.55. The molecule has 0 aliphatic rings. The van der Waals surface area contributed by atoms with Crippen LogP contribution in [0.15, 0.2) is 18.2 Å². The third-order valence-electron chi connectivity index (χ3n) is 2.68. The molecule has 1 aromatic rings. The van der Waals surface area contributed by atoms with Gasteiger partial charge in [0.2, 0.25) is 0 Å². The van der Waals surface area contributed by atoms with Gasteiger partial charge < -0.3 is 4.74 Å². The minimum atomic E-state index is -0.527. The number of hydrogen-bond donors (Lipinski definition) is 1. The zero-order valence-corrected chi connectivity index (χ0v) is 13.0. The second kappa shape index (κ2) is 6.75. The first-order valence-electron chi connectivity index (χ1n) is 6.43. The molecule has 0 saturated carbocycles. The van der Waals surface area contributed by atoms with E-state index in [1.165, 1.54) is 13.0 Å². The van der Waals surface area contributed by atoms with E-state index in [1.54, 1.807) is 12.1 Å². The van der Waals surface area contributed by atoms with Gasteiger partial charge in [-0.2, -0.15) is 0 Å². The van der Waals surface area contributed by atoms with E-state index in [2.05, 4.69) is 26.1 Å². The standard InChI is InChI=1S/C15H20ClNO3/c1-10(18)12-6-5-11(9-13(12)16)17-14(19)20-8-7-15(2,3)4/h5-6,9H,7-8H2,1-4H3,(H,17,19). The van der Waals surface area contributed by atoms with Crippen molar-refractivity contribution in [2.45, 2.75) is 34.1 Å². The second-order valence-corrected chi connectivity index (χ2v) is 6.23. The maximum absolute atomic E-state index is 11.6. The SMILES string of the molecule is CC(=O)c1ccc(NC(=O)OCCC(C)(C)C)cc1Cl. The molecule has 4 nitrogen and oxygen atoms in total. The van der Waals surface area contributed by atoms with Crippen LogP contribution in [0.3, 0.4) is 0 Å². The normalized spacial score (nSPS) is 11.1. The van der Waals surface area contributed by atoms with E-state index in [1.807, 2.05) is 0 Å². The van der Waals surface area contributed by atoms with E-state index in [0.29, 0.717) is 22.9 Å². The first-order chi connectivity index (χ1) is 9.19. The average molecular weight is 298 g/mol. The van der Waals surface area contributed by atoms with Crippen LogP contribution in [0.25, 0.3) is 0 Å². The van der Waals surface area contributed by atoms with E-state index >= 15 is 0 Å². The van der Waals surface area contributed by atoms with Crippen LogP contribution in [-0.2, 0) is 4.74 Å². The quantitative estimate of drug-likeness (QED) is 0.831. The Balaban J connectivity index is 2.54. The summed E-state index contributed by atoms with van der Waals surface area (Å²) in [6.07, 6.45) is 0.255. The number of nitrogens with one attached hydrogen (secondary N) is 1. The Bertz CT molecular complexity index is 506. The lowest BCUT2D eigenvalue weighted by atomic mass is 9.93. The highest BCUT2D eigenvalue weighted by atomic mass is 35.5. The van der Waals surface area contributed by atoms with Crippen molar-refractivity contribution in [1.82, 2.24) is 0 Å². The van der Waals surface area contributed by atoms with Gasteiger partial charge in [0.05, 0.1) is 11.6 Å². The van der Waals surface area contributed by atoms with Crippen LogP contribution in [0, 0.1) is 5.41 Å². The van der Waals surface area contributed by atoms with Crippen molar-refractivity contribution in [2.75, 3.05) is 11.9 Å². The van der Waals surface area contributed by atoms with Crippen molar-refractivity contribution in [2.24, 2.45) is 5.41 Å². The van der Waals surface area contributed by atoms with Crippen LogP contribution in [-0.4, -0.2) is 18.5 Å². The van der Waals surface area contributed by atoms with Crippen molar-refractivity contribution in [3.8, 4) is 0 Å². The van der Waals surface area contributed by atoms with E-state index in [4.69, 9.17) is 16.3 Å². The van der Waals surface area contributed by atoms with Gasteiger partial charge >= 0.3 is 6.09 Å². The molecule has 0 fully saturated rings. The summed E-state index contributed by atoms with van der Waals surface area (Å²) < 4.78 is 5.08. The fourth-order valence-electron chi connectivity index (χ4n) is 1.48. The molecule has 0 aliphatic carbocycles. The van der Waals surface area contributed by atoms with Crippen LogP contribution in [0.4, 0.5) is 10.5 Å². The largest absolute Gasteiger partial charge is 0.449 e. The first-order valence-corrected chi connectivity index (χ1v) is 6.81. The van der Waals surface area contributed by atoms with Crippen LogP contribution >= 0.6 is 11.6 Å². The summed E-state index contributed by atoms with van der Waals surface area (Å²) >= 11 is 5.96. The summed E-state index contributed by atoms with van der Waals surface area (Å²) in [5.74, 6) is -0.116. The number of carbonyl (C=O) groups excluding carboxylic acids is 2. The van der Waals surface area contributed by atoms with E-state index in [0.717, 1.165) is 6.42 Å².